The number of para-hydroxylation sites is 2. The molecule has 0 saturated carbocycles. The average Bonchev–Trinajstić information content (AvgIpc) is 2.96. The molecule has 19 heavy (non-hydrogen) atoms. The van der Waals surface area contributed by atoms with E-state index in [4.69, 9.17) is 0 Å². The molecule has 5 nitrogen and oxygen atoms in total. The van der Waals surface area contributed by atoms with Gasteiger partial charge in [0.2, 0.25) is 0 Å². The number of fused-ring (bicyclic) bond motifs is 2. The van der Waals surface area contributed by atoms with Crippen molar-refractivity contribution in [1.29, 1.82) is 0 Å². The molecule has 92 valence electrons. The highest BCUT2D eigenvalue weighted by Crippen LogP contribution is 2.08. The molecule has 4 aromatic rings. The van der Waals surface area contributed by atoms with Crippen LogP contribution in [0.5, 0.6) is 0 Å². The molecule has 0 saturated heterocycles. The highest BCUT2D eigenvalue weighted by atomic mass is 15.3. The predicted octanol–water partition coefficient (Wildman–Crippen LogP) is 2.59. The summed E-state index contributed by atoms with van der Waals surface area (Å²) in [5.74, 6) is 0. The van der Waals surface area contributed by atoms with Crippen LogP contribution in [0.3, 0.4) is 0 Å². The lowest BCUT2D eigenvalue weighted by atomic mass is 10.2. The van der Waals surface area contributed by atoms with Crippen LogP contribution in [0.1, 0.15) is 0 Å². The summed E-state index contributed by atoms with van der Waals surface area (Å²) in [6.45, 7) is 0. The molecule has 0 radical (unpaired) electrons. The number of aromatic amines is 1. The van der Waals surface area contributed by atoms with Gasteiger partial charge >= 0.3 is 0 Å². The Balaban J connectivity index is 0.000000117. The Kier molecular flexibility index (Phi) is 3.10. The molecular weight excluding hydrogens is 238 g/mol. The second kappa shape index (κ2) is 5.22. The van der Waals surface area contributed by atoms with Gasteiger partial charge in [-0.25, -0.2) is 0 Å². The average molecular weight is 249 g/mol. The fraction of sp³-hybridized carbons (Fsp3) is 0. The van der Waals surface area contributed by atoms with Gasteiger partial charge in [0, 0.05) is 10.8 Å². The van der Waals surface area contributed by atoms with Gasteiger partial charge in [-0.3, -0.25) is 0 Å². The maximum atomic E-state index is 3.88. The predicted molar refractivity (Wildman–Crippen MR) is 73.4 cm³/mol. The number of nitrogens with one attached hydrogen (secondary N) is 1. The second-order valence-corrected chi connectivity index (χ2v) is 3.93. The number of aromatic nitrogens is 5. The summed E-state index contributed by atoms with van der Waals surface area (Å²) in [5, 5.41) is 20.1. The Morgan fingerprint density at radius 2 is 1.11 bits per heavy atom. The van der Waals surface area contributed by atoms with Crippen molar-refractivity contribution in [2.75, 3.05) is 0 Å². The van der Waals surface area contributed by atoms with E-state index in [9.17, 15) is 0 Å². The first-order valence-electron chi connectivity index (χ1n) is 5.84. The zero-order valence-electron chi connectivity index (χ0n) is 10.1. The van der Waals surface area contributed by atoms with Gasteiger partial charge in [-0.2, -0.15) is 25.6 Å². The van der Waals surface area contributed by atoms with Gasteiger partial charge < -0.3 is 0 Å². The van der Waals surface area contributed by atoms with Crippen molar-refractivity contribution < 1.29 is 0 Å². The minimum Gasteiger partial charge on any atom is -0.197 e. The van der Waals surface area contributed by atoms with E-state index in [0.29, 0.717) is 0 Å². The van der Waals surface area contributed by atoms with Crippen LogP contribution in [-0.2, 0) is 0 Å². The van der Waals surface area contributed by atoms with Crippen molar-refractivity contribution in [1.82, 2.24) is 25.6 Å². The third-order valence-corrected chi connectivity index (χ3v) is 2.68. The van der Waals surface area contributed by atoms with Crippen LogP contribution in [-0.4, -0.2) is 25.6 Å². The molecule has 0 aliphatic carbocycles. The fourth-order valence-electron chi connectivity index (χ4n) is 1.72. The lowest BCUT2D eigenvalue weighted by Gasteiger charge is -1.90. The van der Waals surface area contributed by atoms with Crippen LogP contribution >= 0.6 is 0 Å². The maximum Gasteiger partial charge on any atom is 0.112 e. The Labute approximate surface area is 109 Å². The summed E-state index contributed by atoms with van der Waals surface area (Å²) in [4.78, 5) is 0. The summed E-state index contributed by atoms with van der Waals surface area (Å²) in [6.07, 6.45) is 3.52. The van der Waals surface area contributed by atoms with Crippen molar-refractivity contribution in [2.24, 2.45) is 0 Å². The second-order valence-electron chi connectivity index (χ2n) is 3.93. The molecule has 2 aromatic heterocycles. The molecule has 2 aromatic carbocycles. The van der Waals surface area contributed by atoms with Crippen LogP contribution in [0.25, 0.3) is 21.8 Å². The van der Waals surface area contributed by atoms with Crippen molar-refractivity contribution in [3.63, 3.8) is 0 Å². The van der Waals surface area contributed by atoms with Crippen LogP contribution in [0, 0.1) is 0 Å². The maximum absolute atomic E-state index is 3.88. The highest BCUT2D eigenvalue weighted by molar-refractivity contribution is 5.80. The molecule has 0 amide bonds. The van der Waals surface area contributed by atoms with Crippen LogP contribution in [0.15, 0.2) is 60.9 Å². The molecule has 4 rings (SSSR count). The molecule has 0 aliphatic heterocycles. The monoisotopic (exact) mass is 249 g/mol. The number of hydrogen-bond acceptors (Lipinski definition) is 4. The molecule has 0 spiro atoms. The van der Waals surface area contributed by atoms with E-state index >= 15 is 0 Å². The molecule has 0 aliphatic rings. The number of benzene rings is 2. The zero-order chi connectivity index (χ0) is 12.9. The summed E-state index contributed by atoms with van der Waals surface area (Å²) in [5.41, 5.74) is 1.83. The van der Waals surface area contributed by atoms with Crippen LogP contribution < -0.4 is 0 Å². The van der Waals surface area contributed by atoms with E-state index in [2.05, 4.69) is 25.6 Å². The standard InChI is InChI=1S/C8H6N2.C6H5N3/c1-2-4-8-6-10-9-5-7(8)3-1;1-2-4-6-5(3-1)7-9-8-6/h1-6H;1-4H,(H,7,8,9). The summed E-state index contributed by atoms with van der Waals surface area (Å²) in [6, 6.07) is 15.7. The van der Waals surface area contributed by atoms with E-state index in [0.717, 1.165) is 21.8 Å². The number of rotatable bonds is 0. The normalized spacial score (nSPS) is 10.1. The van der Waals surface area contributed by atoms with Gasteiger partial charge in [-0.1, -0.05) is 36.4 Å². The molecule has 0 fully saturated rings. The van der Waals surface area contributed by atoms with Gasteiger partial charge in [0.1, 0.15) is 11.0 Å². The van der Waals surface area contributed by atoms with E-state index in [1.807, 2.05) is 48.5 Å². The Bertz CT molecular complexity index is 698. The third kappa shape index (κ3) is 2.55. The smallest absolute Gasteiger partial charge is 0.112 e. The first-order valence-corrected chi connectivity index (χ1v) is 5.84. The zero-order valence-corrected chi connectivity index (χ0v) is 10.1. The molecular formula is C14H11N5. The number of H-pyrrole nitrogens is 1. The van der Waals surface area contributed by atoms with Gasteiger partial charge in [-0.15, -0.1) is 0 Å². The van der Waals surface area contributed by atoms with Gasteiger partial charge in [0.25, 0.3) is 0 Å². The fourth-order valence-corrected chi connectivity index (χ4v) is 1.72. The van der Waals surface area contributed by atoms with Crippen LogP contribution in [0.4, 0.5) is 0 Å². The lowest BCUT2D eigenvalue weighted by Crippen LogP contribution is -1.77. The van der Waals surface area contributed by atoms with Gasteiger partial charge in [-0.05, 0) is 12.1 Å². The molecule has 2 heterocycles. The molecule has 0 unspecified atom stereocenters. The van der Waals surface area contributed by atoms with Crippen molar-refractivity contribution in [2.45, 2.75) is 0 Å². The molecule has 5 heteroatoms. The molecule has 1 N–H and O–H groups in total. The van der Waals surface area contributed by atoms with E-state index in [1.54, 1.807) is 12.4 Å². The largest absolute Gasteiger partial charge is 0.197 e. The van der Waals surface area contributed by atoms with E-state index in [-0.39, 0.29) is 0 Å². The third-order valence-electron chi connectivity index (χ3n) is 2.68. The SMILES string of the molecule is c1ccc2cnncc2c1.c1ccc2n[nH]nc2c1. The highest BCUT2D eigenvalue weighted by Gasteiger charge is 1.90. The molecule has 0 bridgehead atoms. The lowest BCUT2D eigenvalue weighted by molar-refractivity contribution is 0.959. The minimum atomic E-state index is 0.914. The van der Waals surface area contributed by atoms with E-state index in [1.165, 1.54) is 0 Å². The van der Waals surface area contributed by atoms with Crippen molar-refractivity contribution >= 4 is 21.8 Å². The van der Waals surface area contributed by atoms with Crippen molar-refractivity contribution in [3.8, 4) is 0 Å². The Hall–Kier alpha value is -2.82. The Morgan fingerprint density at radius 1 is 0.632 bits per heavy atom. The quantitative estimate of drug-likeness (QED) is 0.520. The Morgan fingerprint density at radius 3 is 1.63 bits per heavy atom. The summed E-state index contributed by atoms with van der Waals surface area (Å²) >= 11 is 0. The van der Waals surface area contributed by atoms with Gasteiger partial charge in [0.05, 0.1) is 12.4 Å². The van der Waals surface area contributed by atoms with E-state index < -0.39 is 0 Å². The summed E-state index contributed by atoms with van der Waals surface area (Å²) in [7, 11) is 0. The van der Waals surface area contributed by atoms with Crippen LogP contribution in [0.2, 0.25) is 0 Å². The van der Waals surface area contributed by atoms with Crippen molar-refractivity contribution in [3.05, 3.63) is 60.9 Å². The number of hydrogen-bond donors (Lipinski definition) is 1. The first kappa shape index (κ1) is 11.3. The topological polar surface area (TPSA) is 67.3 Å². The first-order chi connectivity index (χ1) is 9.43. The minimum absolute atomic E-state index is 0.914. The molecule has 0 atom stereocenters. The number of nitrogens with zero attached hydrogens (tertiary/aromatic N) is 4. The van der Waals surface area contributed by atoms with Gasteiger partial charge in [0.15, 0.2) is 0 Å². The summed E-state index contributed by atoms with van der Waals surface area (Å²) < 4.78 is 0.